The van der Waals surface area contributed by atoms with Crippen molar-refractivity contribution >= 4 is 52.3 Å². The van der Waals surface area contributed by atoms with Gasteiger partial charge >= 0.3 is 5.97 Å². The molecule has 0 radical (unpaired) electrons. The molecule has 1 aromatic rings. The number of thioether (sulfide) groups is 1. The van der Waals surface area contributed by atoms with Gasteiger partial charge in [-0.1, -0.05) is 50.4 Å². The van der Waals surface area contributed by atoms with Crippen molar-refractivity contribution in [3.8, 4) is 0 Å². The molecule has 0 spiro atoms. The lowest BCUT2D eigenvalue weighted by Crippen LogP contribution is -2.55. The predicted octanol–water partition coefficient (Wildman–Crippen LogP) is 3.16. The molecule has 39 heavy (non-hydrogen) atoms. The van der Waals surface area contributed by atoms with Gasteiger partial charge in [-0.25, -0.2) is 4.98 Å². The first kappa shape index (κ1) is 32.6. The van der Waals surface area contributed by atoms with Crippen LogP contribution in [0.2, 0.25) is 0 Å². The van der Waals surface area contributed by atoms with Crippen LogP contribution in [0.1, 0.15) is 81.2 Å². The number of allylic oxidation sites excluding steroid dienone is 1. The standard InChI is InChI=1S/C27H40N4O6S2/c1-4-5-6-7-8-12-24(34)38-13-10-9-11-21-19(17-32)14-28-15-22-30-20(18-39-22)25(35)31-27(2,3)26(36)29-16-23(33)37-21/h9,11,17-19,21,28H,4-8,10,12-16H2,1-3H3,(H,29,36)(H,31,35)/b11-9+/t19?,21-/m1/s1. The third-order valence-corrected chi connectivity index (χ3v) is 7.86. The summed E-state index contributed by atoms with van der Waals surface area (Å²) in [6.07, 6.45) is 9.99. The highest BCUT2D eigenvalue weighted by molar-refractivity contribution is 8.13. The zero-order valence-electron chi connectivity index (χ0n) is 23.0. The van der Waals surface area contributed by atoms with E-state index in [1.807, 2.05) is 0 Å². The smallest absolute Gasteiger partial charge is 0.326 e. The third kappa shape index (κ3) is 12.0. The quantitative estimate of drug-likeness (QED) is 0.156. The first-order chi connectivity index (χ1) is 18.7. The Kier molecular flexibility index (Phi) is 14.4. The summed E-state index contributed by atoms with van der Waals surface area (Å²) in [5, 5.41) is 10.7. The van der Waals surface area contributed by atoms with E-state index >= 15 is 0 Å². The van der Waals surface area contributed by atoms with Crippen LogP contribution in [0.25, 0.3) is 0 Å². The minimum Gasteiger partial charge on any atom is -0.456 e. The highest BCUT2D eigenvalue weighted by atomic mass is 32.2. The normalized spacial score (nSPS) is 20.7. The van der Waals surface area contributed by atoms with Crippen molar-refractivity contribution in [2.75, 3.05) is 18.8 Å². The molecule has 12 heteroatoms. The fourth-order valence-electron chi connectivity index (χ4n) is 3.74. The van der Waals surface area contributed by atoms with Crippen LogP contribution in [-0.2, 0) is 30.5 Å². The number of hydrogen-bond acceptors (Lipinski definition) is 10. The molecule has 2 rings (SSSR count). The van der Waals surface area contributed by atoms with Crippen molar-refractivity contribution in [1.29, 1.82) is 0 Å². The lowest BCUT2D eigenvalue weighted by Gasteiger charge is -2.25. The maximum absolute atomic E-state index is 12.6. The summed E-state index contributed by atoms with van der Waals surface area (Å²) in [6.45, 7) is 5.29. The van der Waals surface area contributed by atoms with E-state index in [1.165, 1.54) is 49.8 Å². The number of amides is 2. The molecule has 2 atom stereocenters. The largest absolute Gasteiger partial charge is 0.456 e. The van der Waals surface area contributed by atoms with Crippen molar-refractivity contribution in [3.63, 3.8) is 0 Å². The van der Waals surface area contributed by atoms with Gasteiger partial charge in [0.1, 0.15) is 35.2 Å². The molecule has 1 aliphatic rings. The highest BCUT2D eigenvalue weighted by Crippen LogP contribution is 2.16. The fourth-order valence-corrected chi connectivity index (χ4v) is 5.26. The van der Waals surface area contributed by atoms with Crippen molar-refractivity contribution in [3.05, 3.63) is 28.2 Å². The van der Waals surface area contributed by atoms with Gasteiger partial charge in [-0.15, -0.1) is 11.3 Å². The van der Waals surface area contributed by atoms with Gasteiger partial charge in [-0.3, -0.25) is 19.2 Å². The number of ether oxygens (including phenoxy) is 1. The monoisotopic (exact) mass is 580 g/mol. The SMILES string of the molecule is CCCCCCCC(=O)SCC/C=C/[C@H]1OC(=O)CNC(=O)C(C)(C)NC(=O)c2csc(n2)CNCC1C=O. The molecule has 2 amide bonds. The van der Waals surface area contributed by atoms with Gasteiger partial charge in [-0.05, 0) is 32.8 Å². The van der Waals surface area contributed by atoms with E-state index in [0.29, 0.717) is 30.1 Å². The third-order valence-electron chi connectivity index (χ3n) is 6.05. The molecule has 1 aromatic heterocycles. The van der Waals surface area contributed by atoms with Crippen LogP contribution in [0.5, 0.6) is 0 Å². The van der Waals surface area contributed by atoms with Gasteiger partial charge in [0.05, 0.1) is 5.92 Å². The van der Waals surface area contributed by atoms with Crippen molar-refractivity contribution < 1.29 is 28.7 Å². The number of unbranched alkanes of at least 4 members (excludes halogenated alkanes) is 4. The van der Waals surface area contributed by atoms with Crippen molar-refractivity contribution in [2.24, 2.45) is 5.92 Å². The number of thiazole rings is 1. The second kappa shape index (κ2) is 17.2. The molecule has 0 aliphatic carbocycles. The van der Waals surface area contributed by atoms with E-state index in [9.17, 15) is 24.0 Å². The number of fused-ring (bicyclic) bond motifs is 2. The van der Waals surface area contributed by atoms with Gasteiger partial charge in [0.15, 0.2) is 5.12 Å². The Balaban J connectivity index is 2.00. The summed E-state index contributed by atoms with van der Waals surface area (Å²) >= 11 is 2.57. The minimum atomic E-state index is -1.30. The predicted molar refractivity (Wildman–Crippen MR) is 152 cm³/mol. The van der Waals surface area contributed by atoms with E-state index in [2.05, 4.69) is 27.9 Å². The Morgan fingerprint density at radius 1 is 1.21 bits per heavy atom. The van der Waals surface area contributed by atoms with Gasteiger partial charge < -0.3 is 25.5 Å². The van der Waals surface area contributed by atoms with Gasteiger partial charge in [0.25, 0.3) is 5.91 Å². The molecule has 1 aliphatic heterocycles. The number of nitrogens with zero attached hydrogens (tertiary/aromatic N) is 1. The van der Waals surface area contributed by atoms with E-state index in [-0.39, 0.29) is 17.4 Å². The number of carbonyl (C=O) groups excluding carboxylic acids is 5. The summed E-state index contributed by atoms with van der Waals surface area (Å²) in [7, 11) is 0. The molecule has 216 valence electrons. The molecule has 0 saturated heterocycles. The summed E-state index contributed by atoms with van der Waals surface area (Å²) in [5.74, 6) is -1.88. The van der Waals surface area contributed by atoms with E-state index < -0.39 is 41.9 Å². The van der Waals surface area contributed by atoms with Crippen LogP contribution in [-0.4, -0.2) is 64.7 Å². The van der Waals surface area contributed by atoms with Crippen LogP contribution in [0.15, 0.2) is 17.5 Å². The first-order valence-corrected chi connectivity index (χ1v) is 15.3. The van der Waals surface area contributed by atoms with Gasteiger partial charge in [0, 0.05) is 30.6 Å². The Hall–Kier alpha value is -2.57. The lowest BCUT2D eigenvalue weighted by atomic mass is 10.0. The summed E-state index contributed by atoms with van der Waals surface area (Å²) < 4.78 is 5.55. The minimum absolute atomic E-state index is 0.172. The Bertz CT molecular complexity index is 1010. The highest BCUT2D eigenvalue weighted by Gasteiger charge is 2.31. The fraction of sp³-hybridized carbons (Fsp3) is 0.630. The summed E-state index contributed by atoms with van der Waals surface area (Å²) in [6, 6.07) is 0. The second-order valence-corrected chi connectivity index (χ2v) is 12.0. The molecule has 1 unspecified atom stereocenters. The molecule has 0 aromatic carbocycles. The first-order valence-electron chi connectivity index (χ1n) is 13.4. The van der Waals surface area contributed by atoms with Crippen LogP contribution in [0.4, 0.5) is 0 Å². The van der Waals surface area contributed by atoms with Crippen LogP contribution in [0, 0.1) is 5.92 Å². The van der Waals surface area contributed by atoms with Crippen LogP contribution in [0.3, 0.4) is 0 Å². The summed E-state index contributed by atoms with van der Waals surface area (Å²) in [5.41, 5.74) is -1.11. The Morgan fingerprint density at radius 2 is 1.97 bits per heavy atom. The Morgan fingerprint density at radius 3 is 2.72 bits per heavy atom. The van der Waals surface area contributed by atoms with Crippen molar-refractivity contribution in [2.45, 2.75) is 83.9 Å². The molecule has 2 bridgehead atoms. The number of cyclic esters (lactones) is 1. The molecular weight excluding hydrogens is 540 g/mol. The molecule has 3 N–H and O–H groups in total. The maximum Gasteiger partial charge on any atom is 0.326 e. The van der Waals surface area contributed by atoms with E-state index in [4.69, 9.17) is 4.74 Å². The number of aromatic nitrogens is 1. The maximum atomic E-state index is 12.6. The lowest BCUT2D eigenvalue weighted by molar-refractivity contribution is -0.149. The zero-order chi connectivity index (χ0) is 28.7. The van der Waals surface area contributed by atoms with E-state index in [1.54, 1.807) is 17.5 Å². The molecule has 2 heterocycles. The number of carbonyl (C=O) groups is 5. The molecular formula is C27H40N4O6S2. The number of esters is 1. The number of rotatable bonds is 11. The zero-order valence-corrected chi connectivity index (χ0v) is 24.6. The number of hydrogen-bond donors (Lipinski definition) is 3. The average Bonchev–Trinajstić information content (AvgIpc) is 3.37. The van der Waals surface area contributed by atoms with Crippen molar-refractivity contribution in [1.82, 2.24) is 20.9 Å². The summed E-state index contributed by atoms with van der Waals surface area (Å²) in [4.78, 5) is 66.0. The number of aldehydes is 1. The topological polar surface area (TPSA) is 144 Å². The molecule has 0 saturated carbocycles. The van der Waals surface area contributed by atoms with Gasteiger partial charge in [-0.2, -0.15) is 0 Å². The van der Waals surface area contributed by atoms with Gasteiger partial charge in [0.2, 0.25) is 5.91 Å². The molecule has 10 nitrogen and oxygen atoms in total. The Labute approximate surface area is 238 Å². The second-order valence-electron chi connectivity index (χ2n) is 9.88. The van der Waals surface area contributed by atoms with Crippen LogP contribution >= 0.6 is 23.1 Å². The average molecular weight is 581 g/mol. The number of nitrogens with one attached hydrogen (secondary N) is 3. The van der Waals surface area contributed by atoms with E-state index in [0.717, 1.165) is 25.5 Å². The van der Waals surface area contributed by atoms with Crippen LogP contribution < -0.4 is 16.0 Å². The molecule has 0 fully saturated rings.